The molecule has 0 heterocycles. The van der Waals surface area contributed by atoms with E-state index in [9.17, 15) is 0 Å². The maximum atomic E-state index is 5.26. The van der Waals surface area contributed by atoms with Gasteiger partial charge in [-0.15, -0.1) is 11.8 Å². The van der Waals surface area contributed by atoms with Crippen LogP contribution in [0, 0.1) is 31.6 Å². The number of methoxy groups -OCH3 is 1. The molecule has 0 radical (unpaired) electrons. The number of benzene rings is 1. The van der Waals surface area contributed by atoms with E-state index in [0.29, 0.717) is 5.92 Å². The van der Waals surface area contributed by atoms with E-state index >= 15 is 0 Å². The summed E-state index contributed by atoms with van der Waals surface area (Å²) in [5, 5.41) is 0. The fourth-order valence-electron chi connectivity index (χ4n) is 2.00. The first-order valence-electron chi connectivity index (χ1n) is 5.64. The SMILES string of the molecule is CC#CC(C)Cc1c(C)cc(OC)cc1C. The van der Waals surface area contributed by atoms with Crippen LogP contribution >= 0.6 is 0 Å². The van der Waals surface area contributed by atoms with Crippen LogP contribution in [0.5, 0.6) is 5.75 Å². The van der Waals surface area contributed by atoms with Gasteiger partial charge in [0.05, 0.1) is 7.11 Å². The van der Waals surface area contributed by atoms with Crippen LogP contribution in [-0.2, 0) is 6.42 Å². The monoisotopic (exact) mass is 216 g/mol. The molecule has 86 valence electrons. The molecule has 0 amide bonds. The highest BCUT2D eigenvalue weighted by atomic mass is 16.5. The molecule has 0 aliphatic carbocycles. The average Bonchev–Trinajstić information content (AvgIpc) is 2.23. The van der Waals surface area contributed by atoms with Crippen molar-refractivity contribution in [2.75, 3.05) is 7.11 Å². The Morgan fingerprint density at radius 2 is 1.81 bits per heavy atom. The molecule has 1 unspecified atom stereocenters. The molecule has 1 rings (SSSR count). The van der Waals surface area contributed by atoms with Gasteiger partial charge in [-0.2, -0.15) is 0 Å². The molecule has 0 aromatic heterocycles. The van der Waals surface area contributed by atoms with E-state index in [1.165, 1.54) is 16.7 Å². The van der Waals surface area contributed by atoms with E-state index in [1.54, 1.807) is 7.11 Å². The van der Waals surface area contributed by atoms with Crippen LogP contribution < -0.4 is 4.74 Å². The summed E-state index contributed by atoms with van der Waals surface area (Å²) < 4.78 is 5.26. The molecule has 1 atom stereocenters. The first-order valence-corrected chi connectivity index (χ1v) is 5.64. The molecule has 0 saturated carbocycles. The summed E-state index contributed by atoms with van der Waals surface area (Å²) in [6, 6.07) is 4.18. The lowest BCUT2D eigenvalue weighted by atomic mass is 9.93. The Morgan fingerprint density at radius 3 is 2.25 bits per heavy atom. The van der Waals surface area contributed by atoms with Crippen molar-refractivity contribution in [2.24, 2.45) is 5.92 Å². The molecule has 1 nitrogen and oxygen atoms in total. The average molecular weight is 216 g/mol. The fraction of sp³-hybridized carbons (Fsp3) is 0.467. The van der Waals surface area contributed by atoms with E-state index in [1.807, 2.05) is 6.92 Å². The van der Waals surface area contributed by atoms with Crippen LogP contribution in [0.3, 0.4) is 0 Å². The maximum absolute atomic E-state index is 5.26. The van der Waals surface area contributed by atoms with E-state index < -0.39 is 0 Å². The minimum atomic E-state index is 0.413. The summed E-state index contributed by atoms with van der Waals surface area (Å²) in [6.07, 6.45) is 1.02. The van der Waals surface area contributed by atoms with Crippen LogP contribution in [0.15, 0.2) is 12.1 Å². The van der Waals surface area contributed by atoms with Crippen molar-refractivity contribution < 1.29 is 4.74 Å². The lowest BCUT2D eigenvalue weighted by Gasteiger charge is -2.13. The van der Waals surface area contributed by atoms with E-state index in [0.717, 1.165) is 12.2 Å². The normalized spacial score (nSPS) is 11.6. The van der Waals surface area contributed by atoms with Gasteiger partial charge >= 0.3 is 0 Å². The molecule has 1 aromatic rings. The van der Waals surface area contributed by atoms with Crippen molar-refractivity contribution in [3.05, 3.63) is 28.8 Å². The van der Waals surface area contributed by atoms with Crippen LogP contribution in [0.1, 0.15) is 30.5 Å². The summed E-state index contributed by atoms with van der Waals surface area (Å²) >= 11 is 0. The third-order valence-electron chi connectivity index (χ3n) is 2.81. The first-order chi connectivity index (χ1) is 7.58. The number of aryl methyl sites for hydroxylation is 2. The molecule has 0 aliphatic rings. The zero-order valence-corrected chi connectivity index (χ0v) is 10.8. The van der Waals surface area contributed by atoms with Crippen LogP contribution in [0.25, 0.3) is 0 Å². The second kappa shape index (κ2) is 5.61. The molecule has 0 saturated heterocycles. The maximum Gasteiger partial charge on any atom is 0.119 e. The first kappa shape index (κ1) is 12.6. The highest BCUT2D eigenvalue weighted by Gasteiger charge is 2.08. The van der Waals surface area contributed by atoms with Crippen molar-refractivity contribution in [3.8, 4) is 17.6 Å². The molecule has 0 bridgehead atoms. The van der Waals surface area contributed by atoms with Crippen LogP contribution in [-0.4, -0.2) is 7.11 Å². The largest absolute Gasteiger partial charge is 0.497 e. The minimum Gasteiger partial charge on any atom is -0.497 e. The van der Waals surface area contributed by atoms with Crippen molar-refractivity contribution in [1.82, 2.24) is 0 Å². The van der Waals surface area contributed by atoms with Crippen molar-refractivity contribution in [3.63, 3.8) is 0 Å². The highest BCUT2D eigenvalue weighted by molar-refractivity contribution is 5.41. The molecule has 16 heavy (non-hydrogen) atoms. The number of ether oxygens (including phenoxy) is 1. The fourth-order valence-corrected chi connectivity index (χ4v) is 2.00. The van der Waals surface area contributed by atoms with Crippen LogP contribution in [0.4, 0.5) is 0 Å². The molecule has 0 aliphatic heterocycles. The van der Waals surface area contributed by atoms with Crippen molar-refractivity contribution in [1.29, 1.82) is 0 Å². The van der Waals surface area contributed by atoms with Gasteiger partial charge in [-0.25, -0.2) is 0 Å². The smallest absolute Gasteiger partial charge is 0.119 e. The third-order valence-corrected chi connectivity index (χ3v) is 2.81. The lowest BCUT2D eigenvalue weighted by molar-refractivity contribution is 0.414. The Kier molecular flexibility index (Phi) is 4.43. The topological polar surface area (TPSA) is 9.23 Å². The second-order valence-corrected chi connectivity index (χ2v) is 4.24. The van der Waals surface area contributed by atoms with Gasteiger partial charge in [0.2, 0.25) is 0 Å². The van der Waals surface area contributed by atoms with Crippen LogP contribution in [0.2, 0.25) is 0 Å². The van der Waals surface area contributed by atoms with Crippen molar-refractivity contribution in [2.45, 2.75) is 34.1 Å². The van der Waals surface area contributed by atoms with Gasteiger partial charge in [0.15, 0.2) is 0 Å². The van der Waals surface area contributed by atoms with Gasteiger partial charge in [0.1, 0.15) is 5.75 Å². The lowest BCUT2D eigenvalue weighted by Crippen LogP contribution is -2.02. The molecule has 0 N–H and O–H groups in total. The van der Waals surface area contributed by atoms with Gasteiger partial charge in [0, 0.05) is 5.92 Å². The van der Waals surface area contributed by atoms with Gasteiger partial charge in [-0.1, -0.05) is 6.92 Å². The third kappa shape index (κ3) is 3.03. The van der Waals surface area contributed by atoms with Crippen molar-refractivity contribution >= 4 is 0 Å². The number of hydrogen-bond acceptors (Lipinski definition) is 1. The van der Waals surface area contributed by atoms with Gasteiger partial charge in [-0.3, -0.25) is 0 Å². The summed E-state index contributed by atoms with van der Waals surface area (Å²) in [7, 11) is 1.71. The molecule has 1 heteroatoms. The van der Waals surface area contributed by atoms with Gasteiger partial charge in [-0.05, 0) is 56.0 Å². The Bertz CT molecular complexity index is 398. The van der Waals surface area contributed by atoms with Gasteiger partial charge in [0.25, 0.3) is 0 Å². The highest BCUT2D eigenvalue weighted by Crippen LogP contribution is 2.23. The quantitative estimate of drug-likeness (QED) is 0.702. The molecule has 0 fully saturated rings. The van der Waals surface area contributed by atoms with E-state index in [4.69, 9.17) is 4.74 Å². The minimum absolute atomic E-state index is 0.413. The van der Waals surface area contributed by atoms with Gasteiger partial charge < -0.3 is 4.74 Å². The summed E-state index contributed by atoms with van der Waals surface area (Å²) in [6.45, 7) is 8.33. The Labute approximate surface area is 98.8 Å². The molecular weight excluding hydrogens is 196 g/mol. The predicted octanol–water partition coefficient (Wildman–Crippen LogP) is 3.51. The number of rotatable bonds is 3. The Morgan fingerprint density at radius 1 is 1.25 bits per heavy atom. The molecular formula is C15H20O. The summed E-state index contributed by atoms with van der Waals surface area (Å²) in [4.78, 5) is 0. The van der Waals surface area contributed by atoms with E-state index in [2.05, 4.69) is 44.7 Å². The zero-order valence-electron chi connectivity index (χ0n) is 10.8. The molecule has 1 aromatic carbocycles. The standard InChI is InChI=1S/C15H20O/c1-6-7-11(2)8-15-12(3)9-14(16-5)10-13(15)4/h9-11H,8H2,1-5H3. The van der Waals surface area contributed by atoms with E-state index in [-0.39, 0.29) is 0 Å². The predicted molar refractivity (Wildman–Crippen MR) is 68.8 cm³/mol. The Hall–Kier alpha value is -1.42. The number of hydrogen-bond donors (Lipinski definition) is 0. The summed E-state index contributed by atoms with van der Waals surface area (Å²) in [5.74, 6) is 7.52. The zero-order chi connectivity index (χ0) is 12.1. The Balaban J connectivity index is 2.99. The second-order valence-electron chi connectivity index (χ2n) is 4.24. The summed E-state index contributed by atoms with van der Waals surface area (Å²) in [5.41, 5.74) is 3.99. The molecule has 0 spiro atoms.